The zero-order valence-corrected chi connectivity index (χ0v) is 11.7. The quantitative estimate of drug-likeness (QED) is 0.809. The molecular formula is C16H15FN2O2. The molecule has 108 valence electrons. The van der Waals surface area contributed by atoms with Crippen molar-refractivity contribution in [3.05, 3.63) is 47.7 Å². The van der Waals surface area contributed by atoms with Crippen molar-refractivity contribution in [2.75, 3.05) is 6.61 Å². The van der Waals surface area contributed by atoms with Crippen LogP contribution in [0.3, 0.4) is 0 Å². The van der Waals surface area contributed by atoms with E-state index in [-0.39, 0.29) is 5.97 Å². The third-order valence-corrected chi connectivity index (χ3v) is 3.38. The van der Waals surface area contributed by atoms with Crippen molar-refractivity contribution < 1.29 is 13.9 Å². The van der Waals surface area contributed by atoms with Gasteiger partial charge >= 0.3 is 5.97 Å². The van der Waals surface area contributed by atoms with Crippen molar-refractivity contribution in [3.8, 4) is 11.3 Å². The molecule has 1 aliphatic rings. The Morgan fingerprint density at radius 1 is 1.38 bits per heavy atom. The van der Waals surface area contributed by atoms with Crippen LogP contribution in [0.15, 0.2) is 30.6 Å². The third-order valence-electron chi connectivity index (χ3n) is 3.38. The van der Waals surface area contributed by atoms with Crippen LogP contribution >= 0.6 is 0 Å². The van der Waals surface area contributed by atoms with Gasteiger partial charge in [-0.1, -0.05) is 0 Å². The minimum atomic E-state index is -0.406. The van der Waals surface area contributed by atoms with Crippen LogP contribution in [0.4, 0.5) is 4.39 Å². The highest BCUT2D eigenvalue weighted by Gasteiger charge is 2.30. The molecule has 0 radical (unpaired) electrons. The van der Waals surface area contributed by atoms with E-state index in [0.29, 0.717) is 29.3 Å². The lowest BCUT2D eigenvalue weighted by molar-refractivity contribution is 0.0524. The van der Waals surface area contributed by atoms with Gasteiger partial charge in [0.15, 0.2) is 0 Å². The van der Waals surface area contributed by atoms with Gasteiger partial charge in [-0.3, -0.25) is 9.97 Å². The Morgan fingerprint density at radius 2 is 2.19 bits per heavy atom. The largest absolute Gasteiger partial charge is 0.462 e. The van der Waals surface area contributed by atoms with E-state index in [0.717, 1.165) is 24.7 Å². The number of carbonyl (C=O) groups excluding carboxylic acids is 1. The van der Waals surface area contributed by atoms with Crippen molar-refractivity contribution in [1.82, 2.24) is 9.97 Å². The molecule has 4 nitrogen and oxygen atoms in total. The average Bonchev–Trinajstić information content (AvgIpc) is 3.31. The fraction of sp³-hybridized carbons (Fsp3) is 0.312. The van der Waals surface area contributed by atoms with Crippen LogP contribution in [0, 0.1) is 5.82 Å². The second kappa shape index (κ2) is 5.60. The lowest BCUT2D eigenvalue weighted by Gasteiger charge is -2.09. The Balaban J connectivity index is 2.01. The number of ether oxygens (including phenoxy) is 1. The summed E-state index contributed by atoms with van der Waals surface area (Å²) >= 11 is 0. The molecule has 0 N–H and O–H groups in total. The summed E-state index contributed by atoms with van der Waals surface area (Å²) < 4.78 is 18.3. The average molecular weight is 286 g/mol. The lowest BCUT2D eigenvalue weighted by Crippen LogP contribution is -2.09. The number of carbonyl (C=O) groups is 1. The summed E-state index contributed by atoms with van der Waals surface area (Å²) in [4.78, 5) is 20.3. The number of halogens is 1. The topological polar surface area (TPSA) is 52.1 Å². The summed E-state index contributed by atoms with van der Waals surface area (Å²) in [5.41, 5.74) is 2.48. The highest BCUT2D eigenvalue weighted by Crippen LogP contribution is 2.41. The van der Waals surface area contributed by atoms with Crippen LogP contribution in [0.2, 0.25) is 0 Å². The van der Waals surface area contributed by atoms with E-state index in [4.69, 9.17) is 4.74 Å². The van der Waals surface area contributed by atoms with Crippen LogP contribution in [-0.2, 0) is 4.74 Å². The zero-order chi connectivity index (χ0) is 14.8. The summed E-state index contributed by atoms with van der Waals surface area (Å²) in [6.07, 6.45) is 4.75. The number of esters is 1. The molecule has 3 rings (SSSR count). The first-order valence-corrected chi connectivity index (χ1v) is 6.98. The van der Waals surface area contributed by atoms with E-state index in [1.54, 1.807) is 25.3 Å². The summed E-state index contributed by atoms with van der Waals surface area (Å²) in [5, 5.41) is 0. The Morgan fingerprint density at radius 3 is 2.86 bits per heavy atom. The fourth-order valence-corrected chi connectivity index (χ4v) is 2.24. The van der Waals surface area contributed by atoms with Gasteiger partial charge in [-0.05, 0) is 38.0 Å². The van der Waals surface area contributed by atoms with Gasteiger partial charge in [0.2, 0.25) is 0 Å². The van der Waals surface area contributed by atoms with Crippen LogP contribution in [0.5, 0.6) is 0 Å². The first-order chi connectivity index (χ1) is 10.2. The molecule has 5 heteroatoms. The van der Waals surface area contributed by atoms with Crippen molar-refractivity contribution in [1.29, 1.82) is 0 Å². The predicted molar refractivity (Wildman–Crippen MR) is 75.4 cm³/mol. The van der Waals surface area contributed by atoms with Gasteiger partial charge in [-0.15, -0.1) is 0 Å². The fourth-order valence-electron chi connectivity index (χ4n) is 2.24. The number of hydrogen-bond acceptors (Lipinski definition) is 4. The maximum Gasteiger partial charge on any atom is 0.339 e. The van der Waals surface area contributed by atoms with Gasteiger partial charge in [-0.25, -0.2) is 9.18 Å². The van der Waals surface area contributed by atoms with Crippen molar-refractivity contribution >= 4 is 5.97 Å². The lowest BCUT2D eigenvalue weighted by atomic mass is 10.1. The molecule has 0 unspecified atom stereocenters. The Bertz CT molecular complexity index is 684. The second-order valence-electron chi connectivity index (χ2n) is 5.02. The molecule has 1 aliphatic carbocycles. The molecule has 0 aliphatic heterocycles. The molecular weight excluding hydrogens is 271 g/mol. The molecule has 0 atom stereocenters. The maximum absolute atomic E-state index is 13.3. The summed E-state index contributed by atoms with van der Waals surface area (Å²) in [6, 6.07) is 4.80. The normalized spacial score (nSPS) is 14.0. The molecule has 0 aromatic carbocycles. The summed E-state index contributed by atoms with van der Waals surface area (Å²) in [6.45, 7) is 2.10. The molecule has 0 saturated heterocycles. The Labute approximate surface area is 122 Å². The van der Waals surface area contributed by atoms with Crippen LogP contribution in [0.25, 0.3) is 11.3 Å². The van der Waals surface area contributed by atoms with Crippen molar-refractivity contribution in [2.24, 2.45) is 0 Å². The molecule has 2 heterocycles. The van der Waals surface area contributed by atoms with Gasteiger partial charge in [0.05, 0.1) is 29.8 Å². The van der Waals surface area contributed by atoms with E-state index in [1.807, 2.05) is 0 Å². The summed E-state index contributed by atoms with van der Waals surface area (Å²) in [5.74, 6) is -0.460. The number of rotatable bonds is 4. The van der Waals surface area contributed by atoms with Gasteiger partial charge in [0, 0.05) is 17.7 Å². The first-order valence-electron chi connectivity index (χ1n) is 6.98. The molecule has 0 spiro atoms. The van der Waals surface area contributed by atoms with Crippen LogP contribution in [0.1, 0.15) is 41.7 Å². The second-order valence-corrected chi connectivity index (χ2v) is 5.02. The SMILES string of the molecule is CCOC(=O)c1ccc(-c2cncc(F)c2)nc1C1CC1. The molecule has 21 heavy (non-hydrogen) atoms. The van der Waals surface area contributed by atoms with Gasteiger partial charge < -0.3 is 4.74 Å². The third kappa shape index (κ3) is 2.91. The summed E-state index contributed by atoms with van der Waals surface area (Å²) in [7, 11) is 0. The number of pyridine rings is 2. The number of hydrogen-bond donors (Lipinski definition) is 0. The first kappa shape index (κ1) is 13.7. The Hall–Kier alpha value is -2.30. The van der Waals surface area contributed by atoms with Crippen LogP contribution < -0.4 is 0 Å². The van der Waals surface area contributed by atoms with Gasteiger partial charge in [0.1, 0.15) is 5.82 Å². The Kier molecular flexibility index (Phi) is 3.64. The predicted octanol–water partition coefficient (Wildman–Crippen LogP) is 3.34. The minimum absolute atomic E-state index is 0.297. The maximum atomic E-state index is 13.3. The van der Waals surface area contributed by atoms with Gasteiger partial charge in [-0.2, -0.15) is 0 Å². The number of aromatic nitrogens is 2. The monoisotopic (exact) mass is 286 g/mol. The van der Waals surface area contributed by atoms with E-state index >= 15 is 0 Å². The van der Waals surface area contributed by atoms with Gasteiger partial charge in [0.25, 0.3) is 0 Å². The van der Waals surface area contributed by atoms with Crippen molar-refractivity contribution in [3.63, 3.8) is 0 Å². The van der Waals surface area contributed by atoms with E-state index in [1.165, 1.54) is 6.07 Å². The van der Waals surface area contributed by atoms with E-state index < -0.39 is 5.82 Å². The standard InChI is InChI=1S/C16H15FN2O2/c1-2-21-16(20)13-5-6-14(19-15(13)10-3-4-10)11-7-12(17)9-18-8-11/h5-10H,2-4H2,1H3. The molecule has 0 amide bonds. The van der Waals surface area contributed by atoms with Crippen LogP contribution in [-0.4, -0.2) is 22.5 Å². The van der Waals surface area contributed by atoms with Crippen molar-refractivity contribution in [2.45, 2.75) is 25.7 Å². The molecule has 2 aromatic heterocycles. The van der Waals surface area contributed by atoms with E-state index in [9.17, 15) is 9.18 Å². The molecule has 2 aromatic rings. The number of nitrogens with zero attached hydrogens (tertiary/aromatic N) is 2. The highest BCUT2D eigenvalue weighted by atomic mass is 19.1. The molecule has 0 bridgehead atoms. The smallest absolute Gasteiger partial charge is 0.339 e. The zero-order valence-electron chi connectivity index (χ0n) is 11.7. The highest BCUT2D eigenvalue weighted by molar-refractivity contribution is 5.91. The minimum Gasteiger partial charge on any atom is -0.462 e. The molecule has 1 saturated carbocycles. The molecule has 1 fully saturated rings. The van der Waals surface area contributed by atoms with E-state index in [2.05, 4.69) is 9.97 Å².